The zero-order valence-corrected chi connectivity index (χ0v) is 9.98. The highest BCUT2D eigenvalue weighted by molar-refractivity contribution is 6.31. The molecule has 1 aromatic carbocycles. The fourth-order valence-corrected chi connectivity index (χ4v) is 2.39. The molecule has 0 aromatic heterocycles. The highest BCUT2D eigenvalue weighted by Gasteiger charge is 2.20. The molecule has 1 aromatic rings. The van der Waals surface area contributed by atoms with Gasteiger partial charge in [-0.25, -0.2) is 4.39 Å². The number of rotatable bonds is 3. The first kappa shape index (κ1) is 11.7. The average molecular weight is 244 g/mol. The topological polar surface area (TPSA) is 21.3 Å². The third kappa shape index (κ3) is 2.30. The lowest BCUT2D eigenvalue weighted by molar-refractivity contribution is 0.379. The van der Waals surface area contributed by atoms with Gasteiger partial charge in [-0.3, -0.25) is 0 Å². The molecule has 1 atom stereocenters. The Balaban J connectivity index is 2.26. The van der Waals surface area contributed by atoms with Crippen LogP contribution in [0.4, 0.5) is 4.39 Å². The van der Waals surface area contributed by atoms with Crippen molar-refractivity contribution >= 4 is 11.6 Å². The van der Waals surface area contributed by atoms with E-state index >= 15 is 0 Å². The van der Waals surface area contributed by atoms with Gasteiger partial charge in [0.05, 0.1) is 7.11 Å². The SMILES string of the molecule is COc1c(F)ccc(Cl)c1CC1CCCN1. The first-order valence-corrected chi connectivity index (χ1v) is 5.84. The third-order valence-electron chi connectivity index (χ3n) is 2.97. The molecule has 0 spiro atoms. The van der Waals surface area contributed by atoms with Crippen LogP contribution in [-0.4, -0.2) is 19.7 Å². The summed E-state index contributed by atoms with van der Waals surface area (Å²) in [6, 6.07) is 3.31. The van der Waals surface area contributed by atoms with E-state index in [1.807, 2.05) is 0 Å². The van der Waals surface area contributed by atoms with E-state index in [4.69, 9.17) is 16.3 Å². The zero-order valence-electron chi connectivity index (χ0n) is 9.22. The van der Waals surface area contributed by atoms with Crippen LogP contribution in [0.2, 0.25) is 5.02 Å². The molecule has 1 aliphatic rings. The fraction of sp³-hybridized carbons (Fsp3) is 0.500. The van der Waals surface area contributed by atoms with Crippen LogP contribution in [0.5, 0.6) is 5.75 Å². The van der Waals surface area contributed by atoms with Crippen molar-refractivity contribution in [3.8, 4) is 5.75 Å². The summed E-state index contributed by atoms with van der Waals surface area (Å²) in [6.07, 6.45) is 3.00. The molecular weight excluding hydrogens is 229 g/mol. The normalized spacial score (nSPS) is 20.1. The summed E-state index contributed by atoms with van der Waals surface area (Å²) in [5.41, 5.74) is 0.767. The van der Waals surface area contributed by atoms with E-state index in [1.165, 1.54) is 19.6 Å². The van der Waals surface area contributed by atoms with Crippen LogP contribution in [0.3, 0.4) is 0 Å². The third-order valence-corrected chi connectivity index (χ3v) is 3.33. The summed E-state index contributed by atoms with van der Waals surface area (Å²) in [7, 11) is 1.47. The number of ether oxygens (including phenoxy) is 1. The van der Waals surface area contributed by atoms with Gasteiger partial charge >= 0.3 is 0 Å². The number of halogens is 2. The maximum absolute atomic E-state index is 13.5. The minimum atomic E-state index is -0.347. The van der Waals surface area contributed by atoms with Crippen molar-refractivity contribution in [2.45, 2.75) is 25.3 Å². The van der Waals surface area contributed by atoms with E-state index in [0.29, 0.717) is 11.1 Å². The van der Waals surface area contributed by atoms with Gasteiger partial charge in [-0.15, -0.1) is 0 Å². The Morgan fingerprint density at radius 3 is 3.00 bits per heavy atom. The van der Waals surface area contributed by atoms with Crippen LogP contribution in [0, 0.1) is 5.82 Å². The Bertz CT molecular complexity index is 378. The predicted molar refractivity (Wildman–Crippen MR) is 62.7 cm³/mol. The molecule has 0 amide bonds. The number of hydrogen-bond acceptors (Lipinski definition) is 2. The van der Waals surface area contributed by atoms with E-state index in [9.17, 15) is 4.39 Å². The summed E-state index contributed by atoms with van der Waals surface area (Å²) in [4.78, 5) is 0. The first-order chi connectivity index (χ1) is 7.72. The zero-order chi connectivity index (χ0) is 11.5. The average Bonchev–Trinajstić information content (AvgIpc) is 2.77. The van der Waals surface area contributed by atoms with Gasteiger partial charge in [0.1, 0.15) is 0 Å². The van der Waals surface area contributed by atoms with Gasteiger partial charge in [0.25, 0.3) is 0 Å². The van der Waals surface area contributed by atoms with Crippen LogP contribution in [-0.2, 0) is 6.42 Å². The Labute approximate surface area is 99.7 Å². The Morgan fingerprint density at radius 2 is 2.38 bits per heavy atom. The molecular formula is C12H15ClFNO. The van der Waals surface area contributed by atoms with Gasteiger partial charge in [0, 0.05) is 16.6 Å². The summed E-state index contributed by atoms with van der Waals surface area (Å²) in [5, 5.41) is 3.94. The highest BCUT2D eigenvalue weighted by Crippen LogP contribution is 2.31. The maximum Gasteiger partial charge on any atom is 0.165 e. The van der Waals surface area contributed by atoms with Crippen molar-refractivity contribution in [2.24, 2.45) is 0 Å². The largest absolute Gasteiger partial charge is 0.493 e. The van der Waals surface area contributed by atoms with Gasteiger partial charge in [0.15, 0.2) is 11.6 Å². The monoisotopic (exact) mass is 243 g/mol. The molecule has 0 radical (unpaired) electrons. The minimum absolute atomic E-state index is 0.279. The second kappa shape index (κ2) is 5.02. The summed E-state index contributed by atoms with van der Waals surface area (Å²) < 4.78 is 18.6. The predicted octanol–water partition coefficient (Wildman–Crippen LogP) is 2.78. The molecule has 1 N–H and O–H groups in total. The van der Waals surface area contributed by atoms with Crippen molar-refractivity contribution < 1.29 is 9.13 Å². The van der Waals surface area contributed by atoms with Crippen LogP contribution in [0.15, 0.2) is 12.1 Å². The molecule has 1 unspecified atom stereocenters. The van der Waals surface area contributed by atoms with Crippen molar-refractivity contribution in [1.29, 1.82) is 0 Å². The first-order valence-electron chi connectivity index (χ1n) is 5.46. The van der Waals surface area contributed by atoms with Crippen LogP contribution in [0.1, 0.15) is 18.4 Å². The lowest BCUT2D eigenvalue weighted by atomic mass is 10.0. The van der Waals surface area contributed by atoms with Crippen molar-refractivity contribution in [1.82, 2.24) is 5.32 Å². The maximum atomic E-state index is 13.5. The molecule has 0 aliphatic carbocycles. The standard InChI is InChI=1S/C12H15ClFNO/c1-16-12-9(7-8-3-2-6-15-8)10(13)4-5-11(12)14/h4-5,8,15H,2-3,6-7H2,1H3. The summed E-state index contributed by atoms with van der Waals surface area (Å²) >= 11 is 6.08. The van der Waals surface area contributed by atoms with Crippen LogP contribution < -0.4 is 10.1 Å². The Morgan fingerprint density at radius 1 is 1.56 bits per heavy atom. The van der Waals surface area contributed by atoms with Crippen LogP contribution in [0.25, 0.3) is 0 Å². The molecule has 4 heteroatoms. The number of hydrogen-bond donors (Lipinski definition) is 1. The lowest BCUT2D eigenvalue weighted by Crippen LogP contribution is -2.24. The molecule has 0 bridgehead atoms. The van der Waals surface area contributed by atoms with E-state index in [0.717, 1.165) is 24.9 Å². The van der Waals surface area contributed by atoms with E-state index in [2.05, 4.69) is 5.32 Å². The van der Waals surface area contributed by atoms with Gasteiger partial charge < -0.3 is 10.1 Å². The molecule has 1 fully saturated rings. The fourth-order valence-electron chi connectivity index (χ4n) is 2.16. The van der Waals surface area contributed by atoms with Crippen molar-refractivity contribution in [3.05, 3.63) is 28.5 Å². The summed E-state index contributed by atoms with van der Waals surface area (Å²) in [6.45, 7) is 1.03. The molecule has 2 nitrogen and oxygen atoms in total. The number of benzene rings is 1. The highest BCUT2D eigenvalue weighted by atomic mass is 35.5. The van der Waals surface area contributed by atoms with Gasteiger partial charge in [-0.2, -0.15) is 0 Å². The Kier molecular flexibility index (Phi) is 3.66. The minimum Gasteiger partial charge on any atom is -0.493 e. The van der Waals surface area contributed by atoms with Gasteiger partial charge in [-0.1, -0.05) is 11.6 Å². The molecule has 88 valence electrons. The molecule has 16 heavy (non-hydrogen) atoms. The van der Waals surface area contributed by atoms with Gasteiger partial charge in [-0.05, 0) is 37.9 Å². The number of nitrogens with one attached hydrogen (secondary N) is 1. The van der Waals surface area contributed by atoms with Gasteiger partial charge in [0.2, 0.25) is 0 Å². The van der Waals surface area contributed by atoms with E-state index in [1.54, 1.807) is 6.07 Å². The molecule has 1 aliphatic heterocycles. The quantitative estimate of drug-likeness (QED) is 0.882. The molecule has 0 saturated carbocycles. The van der Waals surface area contributed by atoms with E-state index in [-0.39, 0.29) is 11.6 Å². The molecule has 1 heterocycles. The number of methoxy groups -OCH3 is 1. The van der Waals surface area contributed by atoms with E-state index < -0.39 is 0 Å². The second-order valence-electron chi connectivity index (χ2n) is 4.04. The summed E-state index contributed by atoms with van der Waals surface area (Å²) in [5.74, 6) is -0.0684. The molecule has 2 rings (SSSR count). The lowest BCUT2D eigenvalue weighted by Gasteiger charge is -2.15. The Hall–Kier alpha value is -0.800. The van der Waals surface area contributed by atoms with Crippen LogP contribution >= 0.6 is 11.6 Å². The second-order valence-corrected chi connectivity index (χ2v) is 4.45. The smallest absolute Gasteiger partial charge is 0.165 e. The van der Waals surface area contributed by atoms with Crippen molar-refractivity contribution in [2.75, 3.05) is 13.7 Å². The molecule has 1 saturated heterocycles. The van der Waals surface area contributed by atoms with Crippen molar-refractivity contribution in [3.63, 3.8) is 0 Å².